The van der Waals surface area contributed by atoms with Crippen LogP contribution in [0.4, 0.5) is 8.78 Å². The zero-order valence-corrected chi connectivity index (χ0v) is 8.74. The molecule has 1 aromatic heterocycles. The number of pyridine rings is 1. The Morgan fingerprint density at radius 2 is 2.23 bits per heavy atom. The molecule has 1 aromatic rings. The Balaban J connectivity index is 3.25. The smallest absolute Gasteiger partial charge is 0.265 e. The topological polar surface area (TPSA) is 38.9 Å². The summed E-state index contributed by atoms with van der Waals surface area (Å²) in [7, 11) is 0. The van der Waals surface area contributed by atoms with Gasteiger partial charge in [-0.2, -0.15) is 0 Å². The lowest BCUT2D eigenvalue weighted by Crippen LogP contribution is -2.05. The summed E-state index contributed by atoms with van der Waals surface area (Å²) in [4.78, 5) is 3.79. The predicted molar refractivity (Wildman–Crippen MR) is 49.8 cm³/mol. The standard InChI is InChI=1S/C7H6BrClF2N2/c8-6-4(9)1-3(7(10)11)5(2-12)13-6/h1,7H,2,12H2. The minimum absolute atomic E-state index is 0.0323. The van der Waals surface area contributed by atoms with E-state index in [9.17, 15) is 8.78 Å². The van der Waals surface area contributed by atoms with Gasteiger partial charge in [-0.1, -0.05) is 11.6 Å². The Kier molecular flexibility index (Phi) is 3.58. The third kappa shape index (κ3) is 2.36. The summed E-state index contributed by atoms with van der Waals surface area (Å²) in [6.07, 6.45) is -2.60. The van der Waals surface area contributed by atoms with Crippen LogP contribution < -0.4 is 5.73 Å². The summed E-state index contributed by atoms with van der Waals surface area (Å²) < 4.78 is 25.0. The molecule has 6 heteroatoms. The van der Waals surface area contributed by atoms with Crippen molar-refractivity contribution in [1.82, 2.24) is 4.98 Å². The molecule has 0 aliphatic carbocycles. The second kappa shape index (κ2) is 4.30. The van der Waals surface area contributed by atoms with Gasteiger partial charge in [-0.25, -0.2) is 13.8 Å². The number of halogens is 4. The van der Waals surface area contributed by atoms with Crippen molar-refractivity contribution < 1.29 is 8.78 Å². The summed E-state index contributed by atoms with van der Waals surface area (Å²) in [5.74, 6) is 0. The number of hydrogen-bond acceptors (Lipinski definition) is 2. The molecule has 0 bridgehead atoms. The summed E-state index contributed by atoms with van der Waals surface area (Å²) >= 11 is 8.63. The van der Waals surface area contributed by atoms with E-state index in [1.807, 2.05) is 0 Å². The van der Waals surface area contributed by atoms with E-state index in [2.05, 4.69) is 20.9 Å². The minimum atomic E-state index is -2.60. The molecule has 0 saturated carbocycles. The van der Waals surface area contributed by atoms with E-state index < -0.39 is 6.43 Å². The van der Waals surface area contributed by atoms with Crippen LogP contribution >= 0.6 is 27.5 Å². The predicted octanol–water partition coefficient (Wildman–Crippen LogP) is 2.89. The largest absolute Gasteiger partial charge is 0.325 e. The summed E-state index contributed by atoms with van der Waals surface area (Å²) in [5.41, 5.74) is 5.19. The van der Waals surface area contributed by atoms with Crippen molar-refractivity contribution in [3.63, 3.8) is 0 Å². The normalized spacial score (nSPS) is 10.9. The van der Waals surface area contributed by atoms with Gasteiger partial charge in [0.1, 0.15) is 4.60 Å². The van der Waals surface area contributed by atoms with Crippen LogP contribution in [0.25, 0.3) is 0 Å². The second-order valence-corrected chi connectivity index (χ2v) is 3.46. The molecule has 0 aliphatic heterocycles. The van der Waals surface area contributed by atoms with E-state index in [1.165, 1.54) is 6.07 Å². The molecule has 0 radical (unpaired) electrons. The SMILES string of the molecule is NCc1nc(Br)c(Cl)cc1C(F)F. The lowest BCUT2D eigenvalue weighted by molar-refractivity contribution is 0.149. The van der Waals surface area contributed by atoms with Crippen molar-refractivity contribution >= 4 is 27.5 Å². The van der Waals surface area contributed by atoms with Crippen LogP contribution in [0.15, 0.2) is 10.7 Å². The van der Waals surface area contributed by atoms with Crippen LogP contribution in [-0.2, 0) is 6.54 Å². The number of nitrogens with zero attached hydrogens (tertiary/aromatic N) is 1. The van der Waals surface area contributed by atoms with Crippen LogP contribution in [-0.4, -0.2) is 4.98 Å². The van der Waals surface area contributed by atoms with Crippen molar-refractivity contribution in [3.8, 4) is 0 Å². The van der Waals surface area contributed by atoms with Gasteiger partial charge in [0.25, 0.3) is 6.43 Å². The van der Waals surface area contributed by atoms with Gasteiger partial charge in [0.2, 0.25) is 0 Å². The van der Waals surface area contributed by atoms with Crippen LogP contribution in [0.5, 0.6) is 0 Å². The molecule has 2 nitrogen and oxygen atoms in total. The fraction of sp³-hybridized carbons (Fsp3) is 0.286. The molecule has 0 aromatic carbocycles. The monoisotopic (exact) mass is 270 g/mol. The first-order chi connectivity index (χ1) is 6.06. The second-order valence-electron chi connectivity index (χ2n) is 2.30. The average molecular weight is 271 g/mol. The van der Waals surface area contributed by atoms with Crippen LogP contribution in [0.1, 0.15) is 17.7 Å². The zero-order valence-electron chi connectivity index (χ0n) is 6.40. The number of rotatable bonds is 2. The molecular formula is C7H6BrClF2N2. The molecule has 0 spiro atoms. The Morgan fingerprint density at radius 3 is 2.69 bits per heavy atom. The fourth-order valence-electron chi connectivity index (χ4n) is 0.868. The van der Waals surface area contributed by atoms with E-state index in [-0.39, 0.29) is 22.8 Å². The lowest BCUT2D eigenvalue weighted by Gasteiger charge is -2.07. The summed E-state index contributed by atoms with van der Waals surface area (Å²) in [6.45, 7) is -0.0323. The van der Waals surface area contributed by atoms with Gasteiger partial charge in [-0.15, -0.1) is 0 Å². The van der Waals surface area contributed by atoms with Gasteiger partial charge in [0.15, 0.2) is 0 Å². The van der Waals surface area contributed by atoms with Crippen molar-refractivity contribution in [2.45, 2.75) is 13.0 Å². The molecule has 13 heavy (non-hydrogen) atoms. The Bertz CT molecular complexity index is 320. The van der Waals surface area contributed by atoms with Crippen molar-refractivity contribution in [3.05, 3.63) is 26.9 Å². The zero-order chi connectivity index (χ0) is 10.0. The molecular weight excluding hydrogens is 265 g/mol. The molecule has 0 amide bonds. The summed E-state index contributed by atoms with van der Waals surface area (Å²) in [6, 6.07) is 1.17. The highest BCUT2D eigenvalue weighted by Gasteiger charge is 2.15. The van der Waals surface area contributed by atoms with Gasteiger partial charge in [0.05, 0.1) is 10.7 Å². The van der Waals surface area contributed by atoms with Crippen molar-refractivity contribution in [2.75, 3.05) is 0 Å². The molecule has 0 fully saturated rings. The van der Waals surface area contributed by atoms with Crippen LogP contribution in [0, 0.1) is 0 Å². The quantitative estimate of drug-likeness (QED) is 0.840. The molecule has 2 N–H and O–H groups in total. The number of nitrogens with two attached hydrogens (primary N) is 1. The van der Waals surface area contributed by atoms with E-state index >= 15 is 0 Å². The third-order valence-corrected chi connectivity index (χ3v) is 2.59. The first-order valence-electron chi connectivity index (χ1n) is 3.39. The number of aromatic nitrogens is 1. The van der Waals surface area contributed by atoms with E-state index in [0.717, 1.165) is 0 Å². The first-order valence-corrected chi connectivity index (χ1v) is 4.56. The molecule has 0 unspecified atom stereocenters. The number of hydrogen-bond donors (Lipinski definition) is 1. The summed E-state index contributed by atoms with van der Waals surface area (Å²) in [5, 5.41) is 0.160. The van der Waals surface area contributed by atoms with Crippen LogP contribution in [0.3, 0.4) is 0 Å². The van der Waals surface area contributed by atoms with E-state index in [1.54, 1.807) is 0 Å². The lowest BCUT2D eigenvalue weighted by atomic mass is 10.2. The van der Waals surface area contributed by atoms with Gasteiger partial charge < -0.3 is 5.73 Å². The number of alkyl halides is 2. The molecule has 1 heterocycles. The minimum Gasteiger partial charge on any atom is -0.325 e. The fourth-order valence-corrected chi connectivity index (χ4v) is 1.36. The molecule has 72 valence electrons. The van der Waals surface area contributed by atoms with Gasteiger partial charge in [0, 0.05) is 12.1 Å². The molecule has 1 rings (SSSR count). The maximum absolute atomic E-state index is 12.4. The van der Waals surface area contributed by atoms with E-state index in [0.29, 0.717) is 4.60 Å². The van der Waals surface area contributed by atoms with Gasteiger partial charge >= 0.3 is 0 Å². The highest BCUT2D eigenvalue weighted by molar-refractivity contribution is 9.10. The van der Waals surface area contributed by atoms with E-state index in [4.69, 9.17) is 17.3 Å². The molecule has 0 saturated heterocycles. The van der Waals surface area contributed by atoms with Gasteiger partial charge in [-0.05, 0) is 22.0 Å². The highest BCUT2D eigenvalue weighted by atomic mass is 79.9. The maximum Gasteiger partial charge on any atom is 0.265 e. The van der Waals surface area contributed by atoms with Crippen molar-refractivity contribution in [2.24, 2.45) is 5.73 Å². The molecule has 0 atom stereocenters. The molecule has 0 aliphatic rings. The Morgan fingerprint density at radius 1 is 1.62 bits per heavy atom. The van der Waals surface area contributed by atoms with Gasteiger partial charge in [-0.3, -0.25) is 0 Å². The first kappa shape index (κ1) is 10.8. The average Bonchev–Trinajstić information content (AvgIpc) is 2.08. The van der Waals surface area contributed by atoms with Crippen LogP contribution in [0.2, 0.25) is 5.02 Å². The third-order valence-electron chi connectivity index (χ3n) is 1.47. The highest BCUT2D eigenvalue weighted by Crippen LogP contribution is 2.28. The van der Waals surface area contributed by atoms with Crippen molar-refractivity contribution in [1.29, 1.82) is 0 Å². The Labute approximate surface area is 87.2 Å². The maximum atomic E-state index is 12.4. The Hall–Kier alpha value is -0.260.